The van der Waals surface area contributed by atoms with Gasteiger partial charge in [0.05, 0.1) is 49.8 Å². The Bertz CT molecular complexity index is 4550. The number of fused-ring (bicyclic) bond motifs is 20. The molecule has 0 fully saturated rings. The van der Waals surface area contributed by atoms with E-state index < -0.39 is 5.54 Å². The molecule has 0 unspecified atom stereocenters. The second-order valence-corrected chi connectivity index (χ2v) is 19.9. The number of rotatable bonds is 4. The van der Waals surface area contributed by atoms with Crippen LogP contribution in [-0.2, 0) is 5.54 Å². The number of anilines is 2. The lowest BCUT2D eigenvalue weighted by molar-refractivity contribution is 0.602. The van der Waals surface area contributed by atoms with Gasteiger partial charge in [-0.25, -0.2) is 4.98 Å². The smallest absolute Gasteiger partial charge is 0.217 e. The van der Waals surface area contributed by atoms with E-state index in [0.29, 0.717) is 0 Å². The molecular formula is C68H42N6. The summed E-state index contributed by atoms with van der Waals surface area (Å²) in [4.78, 5) is 8.06. The monoisotopic (exact) mass is 942 g/mol. The molecule has 0 saturated carbocycles. The van der Waals surface area contributed by atoms with Crippen molar-refractivity contribution in [3.63, 3.8) is 0 Å². The molecule has 0 atom stereocenters. The Morgan fingerprint density at radius 2 is 0.676 bits per heavy atom. The third kappa shape index (κ3) is 5.06. The fourth-order valence-corrected chi connectivity index (χ4v) is 13.4. The molecule has 15 aromatic rings. The standard InChI is InChI=1S/C68H42N6/c1-2-18-43(19-3-1)74-67-69-58-28-12-17-33-66(58)73(67)65-39-36-46(42-57(65)68(74)55-26-10-4-20-47(55)48-21-5-11-27-56(48)68)72-63-37-34-44(70-59-29-13-6-22-49(59)50-23-7-14-30-60(50)70)40-53(63)54-41-45(35-38-64(54)72)71-61-31-15-8-24-51(61)52-25-9-16-32-62(52)71/h1-42H. The van der Waals surface area contributed by atoms with Crippen molar-refractivity contribution in [1.82, 2.24) is 23.3 Å². The van der Waals surface area contributed by atoms with Crippen LogP contribution in [0.25, 0.3) is 110 Å². The fraction of sp³-hybridized carbons (Fsp3) is 0.0147. The predicted octanol–water partition coefficient (Wildman–Crippen LogP) is 16.7. The van der Waals surface area contributed by atoms with Gasteiger partial charge in [-0.15, -0.1) is 0 Å². The molecule has 6 heteroatoms. The number of benzene rings is 11. The summed E-state index contributed by atoms with van der Waals surface area (Å²) >= 11 is 0. The quantitative estimate of drug-likeness (QED) is 0.176. The van der Waals surface area contributed by atoms with Gasteiger partial charge in [-0.05, 0) is 125 Å². The van der Waals surface area contributed by atoms with Gasteiger partial charge in [-0.3, -0.25) is 9.47 Å². The zero-order valence-corrected chi connectivity index (χ0v) is 39.9. The third-order valence-corrected chi connectivity index (χ3v) is 16.3. The summed E-state index contributed by atoms with van der Waals surface area (Å²) in [5, 5.41) is 7.34. The first kappa shape index (κ1) is 39.8. The highest BCUT2D eigenvalue weighted by Gasteiger charge is 2.55. The van der Waals surface area contributed by atoms with Crippen LogP contribution >= 0.6 is 0 Å². The van der Waals surface area contributed by atoms with Crippen LogP contribution in [0.5, 0.6) is 0 Å². The van der Waals surface area contributed by atoms with E-state index >= 15 is 0 Å². The Labute approximate surface area is 425 Å². The molecule has 4 aromatic heterocycles. The Kier molecular flexibility index (Phi) is 7.84. The molecule has 1 aliphatic heterocycles. The second-order valence-electron chi connectivity index (χ2n) is 19.9. The minimum atomic E-state index is -0.788. The normalized spacial score (nSPS) is 13.5. The maximum absolute atomic E-state index is 5.54. The summed E-state index contributed by atoms with van der Waals surface area (Å²) in [6.07, 6.45) is 0. The molecule has 1 aliphatic carbocycles. The van der Waals surface area contributed by atoms with E-state index in [2.05, 4.69) is 278 Å². The first-order valence-electron chi connectivity index (χ1n) is 25.5. The Morgan fingerprint density at radius 3 is 1.20 bits per heavy atom. The number of aromatic nitrogens is 5. The Morgan fingerprint density at radius 1 is 0.270 bits per heavy atom. The third-order valence-electron chi connectivity index (χ3n) is 16.3. The van der Waals surface area contributed by atoms with Gasteiger partial charge in [0.15, 0.2) is 0 Å². The van der Waals surface area contributed by atoms with Crippen LogP contribution in [-0.4, -0.2) is 23.3 Å². The molecule has 1 spiro atoms. The molecule has 0 saturated heterocycles. The van der Waals surface area contributed by atoms with E-state index in [9.17, 15) is 0 Å². The molecule has 0 radical (unpaired) electrons. The van der Waals surface area contributed by atoms with Crippen molar-refractivity contribution in [2.24, 2.45) is 0 Å². The average Bonchev–Trinajstić information content (AvgIpc) is 4.31. The summed E-state index contributed by atoms with van der Waals surface area (Å²) < 4.78 is 9.77. The van der Waals surface area contributed by atoms with E-state index in [-0.39, 0.29) is 0 Å². The van der Waals surface area contributed by atoms with Gasteiger partial charge in [0.25, 0.3) is 0 Å². The zero-order valence-electron chi connectivity index (χ0n) is 39.9. The largest absolute Gasteiger partial charge is 0.309 e. The highest BCUT2D eigenvalue weighted by atomic mass is 15.4. The Balaban J connectivity index is 0.991. The van der Waals surface area contributed by atoms with Crippen LogP contribution in [0.2, 0.25) is 0 Å². The van der Waals surface area contributed by atoms with E-state index in [1.54, 1.807) is 0 Å². The minimum absolute atomic E-state index is 0.788. The first-order chi connectivity index (χ1) is 36.7. The molecule has 0 bridgehead atoms. The van der Waals surface area contributed by atoms with Crippen LogP contribution in [0.15, 0.2) is 255 Å². The molecule has 5 heterocycles. The topological polar surface area (TPSA) is 35.9 Å². The van der Waals surface area contributed by atoms with Crippen molar-refractivity contribution in [3.05, 3.63) is 271 Å². The van der Waals surface area contributed by atoms with Crippen LogP contribution < -0.4 is 4.90 Å². The van der Waals surface area contributed by atoms with E-state index in [1.165, 1.54) is 82.2 Å². The molecule has 74 heavy (non-hydrogen) atoms. The van der Waals surface area contributed by atoms with Crippen LogP contribution in [0.3, 0.4) is 0 Å². The lowest BCUT2D eigenvalue weighted by Gasteiger charge is -2.48. The van der Waals surface area contributed by atoms with Crippen molar-refractivity contribution in [2.45, 2.75) is 5.54 Å². The summed E-state index contributed by atoms with van der Waals surface area (Å²) in [5.41, 5.74) is 19.9. The van der Waals surface area contributed by atoms with Gasteiger partial charge in [0, 0.05) is 60.6 Å². The molecule has 2 aliphatic rings. The summed E-state index contributed by atoms with van der Waals surface area (Å²) in [5.74, 6) is 0.885. The van der Waals surface area contributed by atoms with Crippen molar-refractivity contribution in [2.75, 3.05) is 4.90 Å². The van der Waals surface area contributed by atoms with Crippen LogP contribution in [0.1, 0.15) is 16.7 Å². The van der Waals surface area contributed by atoms with E-state index in [0.717, 1.165) is 56.5 Å². The van der Waals surface area contributed by atoms with E-state index in [1.807, 2.05) is 0 Å². The second kappa shape index (κ2) is 14.6. The fourth-order valence-electron chi connectivity index (χ4n) is 13.4. The molecule has 0 N–H and O–H groups in total. The maximum atomic E-state index is 5.54. The molecule has 6 nitrogen and oxygen atoms in total. The number of para-hydroxylation sites is 7. The van der Waals surface area contributed by atoms with Gasteiger partial charge in [-0.1, -0.05) is 152 Å². The lowest BCUT2D eigenvalue weighted by Crippen LogP contribution is -2.48. The first-order valence-corrected chi connectivity index (χ1v) is 25.5. The molecular weight excluding hydrogens is 901 g/mol. The number of hydrogen-bond donors (Lipinski definition) is 0. The van der Waals surface area contributed by atoms with Crippen LogP contribution in [0, 0.1) is 0 Å². The molecule has 344 valence electrons. The zero-order chi connectivity index (χ0) is 48.2. The highest BCUT2D eigenvalue weighted by Crippen LogP contribution is 2.61. The van der Waals surface area contributed by atoms with Gasteiger partial charge >= 0.3 is 0 Å². The van der Waals surface area contributed by atoms with E-state index in [4.69, 9.17) is 4.98 Å². The maximum Gasteiger partial charge on any atom is 0.217 e. The minimum Gasteiger partial charge on any atom is -0.309 e. The summed E-state index contributed by atoms with van der Waals surface area (Å²) in [6, 6.07) is 94.0. The molecule has 0 amide bonds. The average molecular weight is 943 g/mol. The lowest BCUT2D eigenvalue weighted by atomic mass is 9.76. The van der Waals surface area contributed by atoms with Gasteiger partial charge in [0.2, 0.25) is 5.95 Å². The number of hydrogen-bond acceptors (Lipinski definition) is 2. The molecule has 17 rings (SSSR count). The predicted molar refractivity (Wildman–Crippen MR) is 304 cm³/mol. The van der Waals surface area contributed by atoms with Gasteiger partial charge in [-0.2, -0.15) is 0 Å². The van der Waals surface area contributed by atoms with Crippen molar-refractivity contribution in [3.8, 4) is 33.9 Å². The summed E-state index contributed by atoms with van der Waals surface area (Å²) in [7, 11) is 0. The highest BCUT2D eigenvalue weighted by molar-refractivity contribution is 6.14. The van der Waals surface area contributed by atoms with Crippen molar-refractivity contribution in [1.29, 1.82) is 0 Å². The summed E-state index contributed by atoms with van der Waals surface area (Å²) in [6.45, 7) is 0. The molecule has 11 aromatic carbocycles. The van der Waals surface area contributed by atoms with Gasteiger partial charge in [0.1, 0.15) is 5.54 Å². The van der Waals surface area contributed by atoms with Crippen molar-refractivity contribution >= 4 is 88.1 Å². The Hall–Kier alpha value is -9.91. The SMILES string of the molecule is c1ccc(N2c3nc4ccccc4n3-c3ccc(-n4c5ccc(-n6c7ccccc7c7ccccc76)cc5c5cc(-n6c7ccccc7c7ccccc76)ccc54)cc3C23c2ccccc2-c2ccccc23)cc1. The van der Waals surface area contributed by atoms with Gasteiger partial charge < -0.3 is 13.7 Å². The van der Waals surface area contributed by atoms with Crippen molar-refractivity contribution < 1.29 is 0 Å². The number of imidazole rings is 1. The number of nitrogens with zero attached hydrogens (tertiary/aromatic N) is 6. The van der Waals surface area contributed by atoms with Crippen LogP contribution in [0.4, 0.5) is 11.6 Å².